The molecule has 0 aliphatic rings. The van der Waals surface area contributed by atoms with E-state index < -0.39 is 12.9 Å². The lowest BCUT2D eigenvalue weighted by Gasteiger charge is -2.29. The van der Waals surface area contributed by atoms with Gasteiger partial charge in [-0.15, -0.1) is 0 Å². The van der Waals surface area contributed by atoms with Crippen molar-refractivity contribution in [2.24, 2.45) is 0 Å². The number of unbranched alkanes of at least 4 members (excludes halogenated alkanes) is 1. The van der Waals surface area contributed by atoms with Crippen LogP contribution in [0, 0.1) is 0 Å². The molecule has 0 aromatic heterocycles. The van der Waals surface area contributed by atoms with Crippen molar-refractivity contribution in [2.45, 2.75) is 19.3 Å². The average molecular weight is 362 g/mol. The van der Waals surface area contributed by atoms with Gasteiger partial charge in [0.25, 0.3) is 0 Å². The van der Waals surface area contributed by atoms with Gasteiger partial charge in [-0.1, -0.05) is 96.8 Å². The highest BCUT2D eigenvalue weighted by Crippen LogP contribution is 2.44. The van der Waals surface area contributed by atoms with Gasteiger partial charge in [0.05, 0.1) is 0 Å². The summed E-state index contributed by atoms with van der Waals surface area (Å²) in [5, 5.41) is 12.9. The SMILES string of the molecule is O=C(O)CCCC=P(c1ccccc1)(c1ccccc1)c1ccccc1. The molecule has 2 nitrogen and oxygen atoms in total. The first-order valence-corrected chi connectivity index (χ1v) is 10.7. The van der Waals surface area contributed by atoms with Gasteiger partial charge in [0.2, 0.25) is 0 Å². The number of hydrogen-bond donors (Lipinski definition) is 1. The maximum atomic E-state index is 10.9. The van der Waals surface area contributed by atoms with Crippen molar-refractivity contribution in [3.05, 3.63) is 91.0 Å². The summed E-state index contributed by atoms with van der Waals surface area (Å²) in [6.07, 6.45) is 1.64. The van der Waals surface area contributed by atoms with E-state index in [1.807, 2.05) is 18.2 Å². The molecule has 3 aromatic carbocycles. The van der Waals surface area contributed by atoms with E-state index in [1.54, 1.807) is 0 Å². The maximum absolute atomic E-state index is 10.9. The Labute approximate surface area is 155 Å². The molecule has 0 bridgehead atoms. The average Bonchev–Trinajstić information content (AvgIpc) is 2.70. The Kier molecular flexibility index (Phi) is 6.09. The number of hydrogen-bond acceptors (Lipinski definition) is 1. The van der Waals surface area contributed by atoms with E-state index in [9.17, 15) is 4.79 Å². The lowest BCUT2D eigenvalue weighted by Crippen LogP contribution is -2.27. The largest absolute Gasteiger partial charge is 0.481 e. The lowest BCUT2D eigenvalue weighted by atomic mass is 10.3. The van der Waals surface area contributed by atoms with E-state index in [4.69, 9.17) is 5.11 Å². The summed E-state index contributed by atoms with van der Waals surface area (Å²) in [5.74, 6) is 1.65. The van der Waals surface area contributed by atoms with Gasteiger partial charge in [-0.3, -0.25) is 4.79 Å². The molecule has 0 radical (unpaired) electrons. The van der Waals surface area contributed by atoms with Crippen molar-refractivity contribution in [3.63, 3.8) is 0 Å². The van der Waals surface area contributed by atoms with Gasteiger partial charge < -0.3 is 5.11 Å². The zero-order valence-corrected chi connectivity index (χ0v) is 15.6. The molecule has 0 heterocycles. The molecule has 132 valence electrons. The Morgan fingerprint density at radius 2 is 1.12 bits per heavy atom. The molecule has 1 N–H and O–H groups in total. The van der Waals surface area contributed by atoms with Crippen molar-refractivity contribution in [3.8, 4) is 0 Å². The quantitative estimate of drug-likeness (QED) is 0.509. The summed E-state index contributed by atoms with van der Waals surface area (Å²) in [5.41, 5.74) is 0. The van der Waals surface area contributed by atoms with Gasteiger partial charge in [-0.05, 0) is 35.6 Å². The predicted molar refractivity (Wildman–Crippen MR) is 113 cm³/mol. The van der Waals surface area contributed by atoms with Crippen LogP contribution in [-0.2, 0) is 4.79 Å². The van der Waals surface area contributed by atoms with Gasteiger partial charge >= 0.3 is 5.97 Å². The van der Waals surface area contributed by atoms with Crippen molar-refractivity contribution < 1.29 is 9.90 Å². The predicted octanol–water partition coefficient (Wildman–Crippen LogP) is 4.04. The van der Waals surface area contributed by atoms with Gasteiger partial charge in [0.1, 0.15) is 0 Å². The first kappa shape index (κ1) is 18.2. The zero-order valence-electron chi connectivity index (χ0n) is 14.7. The Balaban J connectivity index is 2.21. The second-order valence-electron chi connectivity index (χ2n) is 6.20. The molecule has 0 fully saturated rings. The summed E-state index contributed by atoms with van der Waals surface area (Å²) < 4.78 is 0. The van der Waals surface area contributed by atoms with Crippen LogP contribution in [-0.4, -0.2) is 16.9 Å². The zero-order chi connectivity index (χ0) is 18.2. The van der Waals surface area contributed by atoms with Crippen LogP contribution in [0.25, 0.3) is 0 Å². The molecule has 0 atom stereocenters. The van der Waals surface area contributed by atoms with Crippen LogP contribution < -0.4 is 15.9 Å². The fraction of sp³-hybridized carbons (Fsp3) is 0.130. The molecule has 0 saturated heterocycles. The number of carbonyl (C=O) groups is 1. The third kappa shape index (κ3) is 3.98. The third-order valence-electron chi connectivity index (χ3n) is 4.49. The molecule has 0 aliphatic heterocycles. The lowest BCUT2D eigenvalue weighted by molar-refractivity contribution is -0.137. The molecule has 0 saturated carbocycles. The Hall–Kier alpha value is -2.57. The number of carboxylic acid groups (broad SMARTS) is 1. The molecular weight excluding hydrogens is 339 g/mol. The summed E-state index contributed by atoms with van der Waals surface area (Å²) in [6, 6.07) is 31.8. The van der Waals surface area contributed by atoms with Crippen LogP contribution in [0.3, 0.4) is 0 Å². The minimum absolute atomic E-state index is 0.203. The fourth-order valence-electron chi connectivity index (χ4n) is 3.29. The number of rotatable bonds is 7. The highest BCUT2D eigenvalue weighted by molar-refractivity contribution is 7.94. The summed E-state index contributed by atoms with van der Waals surface area (Å²) in [4.78, 5) is 10.9. The summed E-state index contributed by atoms with van der Waals surface area (Å²) in [7, 11) is 0. The highest BCUT2D eigenvalue weighted by Gasteiger charge is 2.24. The number of benzene rings is 3. The van der Waals surface area contributed by atoms with Gasteiger partial charge in [-0.25, -0.2) is 0 Å². The van der Waals surface area contributed by atoms with Gasteiger partial charge in [0.15, 0.2) is 0 Å². The minimum atomic E-state index is -1.93. The summed E-state index contributed by atoms with van der Waals surface area (Å²) >= 11 is 0. The number of carboxylic acids is 1. The second-order valence-corrected chi connectivity index (χ2v) is 9.56. The monoisotopic (exact) mass is 362 g/mol. The molecular formula is C23H23O2P. The van der Waals surface area contributed by atoms with E-state index in [1.165, 1.54) is 15.9 Å². The highest BCUT2D eigenvalue weighted by atomic mass is 31.2. The minimum Gasteiger partial charge on any atom is -0.481 e. The Morgan fingerprint density at radius 1 is 0.731 bits per heavy atom. The van der Waals surface area contributed by atoms with Gasteiger partial charge in [0, 0.05) is 6.42 Å². The topological polar surface area (TPSA) is 37.3 Å². The van der Waals surface area contributed by atoms with Crippen molar-refractivity contribution >= 4 is 34.6 Å². The van der Waals surface area contributed by atoms with Crippen LogP contribution in [0.4, 0.5) is 0 Å². The maximum Gasteiger partial charge on any atom is 0.303 e. The first-order chi connectivity index (χ1) is 12.7. The summed E-state index contributed by atoms with van der Waals surface area (Å²) in [6.45, 7) is -1.93. The standard InChI is InChI=1S/C23H23O2P/c24-23(25)18-10-11-19-26(20-12-4-1-5-13-20,21-14-6-2-7-15-21)22-16-8-3-9-17-22/h1-9,12-17,19H,10-11,18H2,(H,24,25). The smallest absolute Gasteiger partial charge is 0.303 e. The number of aliphatic carboxylic acids is 1. The molecule has 3 heteroatoms. The Bertz CT molecular complexity index is 784. The van der Waals surface area contributed by atoms with Crippen LogP contribution in [0.15, 0.2) is 91.0 Å². The molecule has 3 aromatic rings. The first-order valence-electron chi connectivity index (χ1n) is 8.85. The second kappa shape index (κ2) is 8.69. The molecule has 26 heavy (non-hydrogen) atoms. The van der Waals surface area contributed by atoms with Crippen molar-refractivity contribution in [1.29, 1.82) is 0 Å². The molecule has 0 amide bonds. The molecule has 3 rings (SSSR count). The van der Waals surface area contributed by atoms with E-state index in [-0.39, 0.29) is 6.42 Å². The molecule has 0 unspecified atom stereocenters. The Morgan fingerprint density at radius 3 is 1.46 bits per heavy atom. The molecule has 0 aliphatic carbocycles. The van der Waals surface area contributed by atoms with Crippen molar-refractivity contribution in [2.75, 3.05) is 0 Å². The van der Waals surface area contributed by atoms with Crippen LogP contribution >= 0.6 is 6.89 Å². The molecule has 0 spiro atoms. The van der Waals surface area contributed by atoms with E-state index in [0.717, 1.165) is 6.42 Å². The third-order valence-corrected chi connectivity index (χ3v) is 8.63. The van der Waals surface area contributed by atoms with Crippen LogP contribution in [0.5, 0.6) is 0 Å². The van der Waals surface area contributed by atoms with Crippen LogP contribution in [0.2, 0.25) is 0 Å². The van der Waals surface area contributed by atoms with E-state index in [2.05, 4.69) is 78.6 Å². The normalized spacial score (nSPS) is 11.1. The fourth-order valence-corrected chi connectivity index (χ4v) is 7.32. The van der Waals surface area contributed by atoms with Crippen LogP contribution in [0.1, 0.15) is 19.3 Å². The van der Waals surface area contributed by atoms with E-state index in [0.29, 0.717) is 6.42 Å². The van der Waals surface area contributed by atoms with Crippen molar-refractivity contribution in [1.82, 2.24) is 0 Å². The van der Waals surface area contributed by atoms with E-state index >= 15 is 0 Å². The van der Waals surface area contributed by atoms with Gasteiger partial charge in [-0.2, -0.15) is 0 Å².